The van der Waals surface area contributed by atoms with Crippen LogP contribution in [-0.4, -0.2) is 46.8 Å². The monoisotopic (exact) mass is 478 g/mol. The minimum Gasteiger partial charge on any atom is -0.326 e. The number of nitrogens with zero attached hydrogens (tertiary/aromatic N) is 2. The first-order chi connectivity index (χ1) is 16.7. The van der Waals surface area contributed by atoms with Gasteiger partial charge >= 0.3 is 6.03 Å². The minimum absolute atomic E-state index is 0.138. The van der Waals surface area contributed by atoms with Crippen LogP contribution in [0.15, 0.2) is 59.8 Å². The molecule has 2 unspecified atom stereocenters. The van der Waals surface area contributed by atoms with E-state index in [9.17, 15) is 18.8 Å². The van der Waals surface area contributed by atoms with Crippen LogP contribution in [0.5, 0.6) is 0 Å². The summed E-state index contributed by atoms with van der Waals surface area (Å²) in [4.78, 5) is 43.3. The Morgan fingerprint density at radius 3 is 2.51 bits per heavy atom. The number of halogens is 1. The lowest BCUT2D eigenvalue weighted by atomic mass is 9.94. The van der Waals surface area contributed by atoms with Gasteiger partial charge in [-0.2, -0.15) is 0 Å². The number of nitrogens with one attached hydrogen (secondary N) is 2. The average molecular weight is 479 g/mol. The molecule has 2 N–H and O–H groups in total. The molecule has 0 saturated carbocycles. The van der Waals surface area contributed by atoms with Gasteiger partial charge in [-0.15, -0.1) is 0 Å². The summed E-state index contributed by atoms with van der Waals surface area (Å²) in [6.45, 7) is 8.38. The molecular formula is C27H31FN4O3. The van der Waals surface area contributed by atoms with Crippen LogP contribution in [0.4, 0.5) is 14.9 Å². The number of benzene rings is 2. The first-order valence-corrected chi connectivity index (χ1v) is 11.9. The summed E-state index contributed by atoms with van der Waals surface area (Å²) in [6.07, 6.45) is 0.446. The molecule has 2 aliphatic rings. The van der Waals surface area contributed by atoms with Crippen LogP contribution >= 0.6 is 0 Å². The number of rotatable bonds is 7. The Morgan fingerprint density at radius 1 is 1.17 bits per heavy atom. The van der Waals surface area contributed by atoms with Gasteiger partial charge in [0.1, 0.15) is 11.9 Å². The largest absolute Gasteiger partial charge is 0.326 e. The maximum absolute atomic E-state index is 13.9. The standard InChI is InChI=1S/C27H31FN4O3/c1-5-31-22-15-32(21(13-16(2)3)25(33)29-20-11-9-19(28)10-12-20)26(34)23(22)24(30-27(31)35)18-8-6-7-17(4)14-18/h6-12,14,16,21,24H,5,13,15H2,1-4H3,(H,29,33)(H,30,35). The van der Waals surface area contributed by atoms with E-state index in [1.807, 2.05) is 52.0 Å². The number of carbonyl (C=O) groups excluding carboxylic acids is 3. The molecule has 4 rings (SSSR count). The second-order valence-electron chi connectivity index (χ2n) is 9.48. The van der Waals surface area contributed by atoms with Crippen LogP contribution in [0.2, 0.25) is 0 Å². The molecule has 2 aliphatic heterocycles. The Kier molecular flexibility index (Phi) is 6.91. The van der Waals surface area contributed by atoms with Crippen molar-refractivity contribution in [3.05, 3.63) is 76.7 Å². The van der Waals surface area contributed by atoms with Crippen molar-refractivity contribution in [2.75, 3.05) is 18.4 Å². The van der Waals surface area contributed by atoms with E-state index in [1.165, 1.54) is 24.3 Å². The van der Waals surface area contributed by atoms with Crippen molar-refractivity contribution in [2.24, 2.45) is 5.92 Å². The Hall–Kier alpha value is -3.68. The van der Waals surface area contributed by atoms with Crippen molar-refractivity contribution in [1.82, 2.24) is 15.1 Å². The molecule has 0 fully saturated rings. The third kappa shape index (κ3) is 4.92. The third-order valence-corrected chi connectivity index (χ3v) is 6.43. The first-order valence-electron chi connectivity index (χ1n) is 11.9. The fourth-order valence-corrected chi connectivity index (χ4v) is 4.78. The van der Waals surface area contributed by atoms with Crippen LogP contribution in [0, 0.1) is 18.7 Å². The zero-order valence-corrected chi connectivity index (χ0v) is 20.5. The Labute approximate surface area is 205 Å². The Balaban J connectivity index is 1.68. The van der Waals surface area contributed by atoms with E-state index in [-0.39, 0.29) is 30.3 Å². The zero-order valence-electron chi connectivity index (χ0n) is 20.5. The highest BCUT2D eigenvalue weighted by atomic mass is 19.1. The van der Waals surface area contributed by atoms with Gasteiger partial charge in [-0.1, -0.05) is 43.7 Å². The predicted molar refractivity (Wildman–Crippen MR) is 132 cm³/mol. The molecule has 2 aromatic carbocycles. The molecule has 7 nitrogen and oxygen atoms in total. The van der Waals surface area contributed by atoms with Gasteiger partial charge in [0.2, 0.25) is 5.91 Å². The summed E-state index contributed by atoms with van der Waals surface area (Å²) in [5, 5.41) is 5.81. The summed E-state index contributed by atoms with van der Waals surface area (Å²) in [5.41, 5.74) is 3.44. The molecule has 2 aromatic rings. The molecule has 8 heteroatoms. The lowest BCUT2D eigenvalue weighted by Crippen LogP contribution is -2.47. The van der Waals surface area contributed by atoms with E-state index in [0.717, 1.165) is 11.1 Å². The molecule has 4 amide bonds. The average Bonchev–Trinajstić information content (AvgIpc) is 3.15. The maximum atomic E-state index is 13.9. The number of carbonyl (C=O) groups is 3. The van der Waals surface area contributed by atoms with Crippen molar-refractivity contribution in [3.63, 3.8) is 0 Å². The molecule has 0 aliphatic carbocycles. The molecule has 0 saturated heterocycles. The maximum Gasteiger partial charge on any atom is 0.322 e. The van der Waals surface area contributed by atoms with Gasteiger partial charge in [0.05, 0.1) is 23.9 Å². The molecule has 2 heterocycles. The summed E-state index contributed by atoms with van der Waals surface area (Å²) >= 11 is 0. The van der Waals surface area contributed by atoms with Gasteiger partial charge < -0.3 is 15.5 Å². The predicted octanol–water partition coefficient (Wildman–Crippen LogP) is 4.37. The molecule has 0 spiro atoms. The summed E-state index contributed by atoms with van der Waals surface area (Å²) in [7, 11) is 0. The topological polar surface area (TPSA) is 81.8 Å². The highest BCUT2D eigenvalue weighted by molar-refractivity contribution is 6.05. The Morgan fingerprint density at radius 2 is 1.89 bits per heavy atom. The van der Waals surface area contributed by atoms with Crippen LogP contribution in [-0.2, 0) is 9.59 Å². The van der Waals surface area contributed by atoms with Gasteiger partial charge in [0, 0.05) is 12.2 Å². The lowest BCUT2D eigenvalue weighted by Gasteiger charge is -2.33. The smallest absolute Gasteiger partial charge is 0.322 e. The van der Waals surface area contributed by atoms with Gasteiger partial charge in [0.25, 0.3) is 5.91 Å². The van der Waals surface area contributed by atoms with E-state index >= 15 is 0 Å². The van der Waals surface area contributed by atoms with Gasteiger partial charge in [-0.25, -0.2) is 9.18 Å². The highest BCUT2D eigenvalue weighted by Gasteiger charge is 2.46. The van der Waals surface area contributed by atoms with Crippen molar-refractivity contribution >= 4 is 23.5 Å². The molecule has 0 aromatic heterocycles. The van der Waals surface area contributed by atoms with Crippen LogP contribution in [0.1, 0.15) is 44.4 Å². The number of amides is 4. The van der Waals surface area contributed by atoms with E-state index < -0.39 is 17.9 Å². The fraction of sp³-hybridized carbons (Fsp3) is 0.370. The van der Waals surface area contributed by atoms with E-state index in [0.29, 0.717) is 29.9 Å². The summed E-state index contributed by atoms with van der Waals surface area (Å²) < 4.78 is 13.3. The number of hydrogen-bond acceptors (Lipinski definition) is 3. The van der Waals surface area contributed by atoms with Crippen LogP contribution in [0.25, 0.3) is 0 Å². The second kappa shape index (κ2) is 9.90. The molecule has 0 bridgehead atoms. The van der Waals surface area contributed by atoms with E-state index in [1.54, 1.807) is 9.80 Å². The van der Waals surface area contributed by atoms with Crippen molar-refractivity contribution in [2.45, 2.75) is 46.2 Å². The fourth-order valence-electron chi connectivity index (χ4n) is 4.78. The van der Waals surface area contributed by atoms with Crippen molar-refractivity contribution in [3.8, 4) is 0 Å². The number of urea groups is 1. The number of anilines is 1. The van der Waals surface area contributed by atoms with Crippen LogP contribution in [0.3, 0.4) is 0 Å². The third-order valence-electron chi connectivity index (χ3n) is 6.43. The quantitative estimate of drug-likeness (QED) is 0.620. The van der Waals surface area contributed by atoms with Crippen LogP contribution < -0.4 is 10.6 Å². The minimum atomic E-state index is -0.745. The van der Waals surface area contributed by atoms with E-state index in [4.69, 9.17) is 0 Å². The SMILES string of the molecule is CCN1C(=O)NC(c2cccc(C)c2)C2=C1CN(C(CC(C)C)C(=O)Nc1ccc(F)cc1)C2=O. The van der Waals surface area contributed by atoms with Crippen molar-refractivity contribution < 1.29 is 18.8 Å². The zero-order chi connectivity index (χ0) is 25.3. The Bertz CT molecular complexity index is 1180. The first kappa shape index (κ1) is 24.4. The van der Waals surface area contributed by atoms with Gasteiger partial charge in [-0.3, -0.25) is 14.5 Å². The summed E-state index contributed by atoms with van der Waals surface area (Å²) in [6, 6.07) is 11.7. The molecule has 0 radical (unpaired) electrons. The van der Waals surface area contributed by atoms with Gasteiger partial charge in [-0.05, 0) is 56.0 Å². The number of likely N-dealkylation sites (N-methyl/N-ethyl adjacent to an activating group) is 1. The summed E-state index contributed by atoms with van der Waals surface area (Å²) in [5.74, 6) is -0.857. The molecular weight excluding hydrogens is 447 g/mol. The van der Waals surface area contributed by atoms with Gasteiger partial charge in [0.15, 0.2) is 0 Å². The van der Waals surface area contributed by atoms with Crippen molar-refractivity contribution in [1.29, 1.82) is 0 Å². The normalized spacial score (nSPS) is 18.6. The number of aryl methyl sites for hydroxylation is 1. The van der Waals surface area contributed by atoms with E-state index in [2.05, 4.69) is 10.6 Å². The molecule has 35 heavy (non-hydrogen) atoms. The molecule has 2 atom stereocenters. The lowest BCUT2D eigenvalue weighted by molar-refractivity contribution is -0.134. The second-order valence-corrected chi connectivity index (χ2v) is 9.48. The molecule has 184 valence electrons. The highest BCUT2D eigenvalue weighted by Crippen LogP contribution is 2.38. The number of hydrogen-bond donors (Lipinski definition) is 2.